The molecular formula is C17H15ClF3N3O4. The van der Waals surface area contributed by atoms with Gasteiger partial charge in [0.05, 0.1) is 22.5 Å². The van der Waals surface area contributed by atoms with Crippen molar-refractivity contribution in [1.82, 2.24) is 9.78 Å². The molecular weight excluding hydrogens is 403 g/mol. The van der Waals surface area contributed by atoms with Crippen molar-refractivity contribution in [3.8, 4) is 0 Å². The number of anilines is 1. The molecule has 0 saturated carbocycles. The average Bonchev–Trinajstić information content (AvgIpc) is 2.85. The van der Waals surface area contributed by atoms with E-state index in [1.165, 1.54) is 11.6 Å². The van der Waals surface area contributed by atoms with Crippen molar-refractivity contribution in [2.75, 3.05) is 11.9 Å². The molecule has 0 radical (unpaired) electrons. The Labute approximate surface area is 162 Å². The van der Waals surface area contributed by atoms with Crippen molar-refractivity contribution in [1.29, 1.82) is 0 Å². The summed E-state index contributed by atoms with van der Waals surface area (Å²) in [7, 11) is 1.59. The molecule has 11 heteroatoms. The first-order chi connectivity index (χ1) is 12.9. The van der Waals surface area contributed by atoms with Gasteiger partial charge in [-0.05, 0) is 32.0 Å². The second kappa shape index (κ2) is 8.01. The molecule has 7 nitrogen and oxygen atoms in total. The number of benzene rings is 1. The van der Waals surface area contributed by atoms with Gasteiger partial charge in [-0.2, -0.15) is 18.3 Å². The second-order valence-corrected chi connectivity index (χ2v) is 6.25. The van der Waals surface area contributed by atoms with Crippen LogP contribution in [0.25, 0.3) is 0 Å². The van der Waals surface area contributed by atoms with Gasteiger partial charge < -0.3 is 10.1 Å². The third-order valence-electron chi connectivity index (χ3n) is 3.82. The zero-order valence-corrected chi connectivity index (χ0v) is 15.7. The number of ether oxygens (including phenoxy) is 1. The number of aromatic nitrogens is 2. The fraction of sp³-hybridized carbons (Fsp3) is 0.294. The van der Waals surface area contributed by atoms with Crippen LogP contribution in [0, 0.1) is 13.8 Å². The third-order valence-corrected chi connectivity index (χ3v) is 4.05. The van der Waals surface area contributed by atoms with Gasteiger partial charge in [0, 0.05) is 17.8 Å². The lowest BCUT2D eigenvalue weighted by atomic mass is 10.1. The Hall–Kier alpha value is -2.88. The number of ketones is 1. The van der Waals surface area contributed by atoms with Crippen LogP contribution < -0.4 is 5.32 Å². The monoisotopic (exact) mass is 417 g/mol. The number of carbonyl (C=O) groups is 3. The van der Waals surface area contributed by atoms with Crippen LogP contribution in [-0.2, 0) is 27.5 Å². The van der Waals surface area contributed by atoms with E-state index in [1.807, 2.05) is 5.32 Å². The van der Waals surface area contributed by atoms with E-state index in [9.17, 15) is 27.6 Å². The molecule has 2 rings (SSSR count). The lowest BCUT2D eigenvalue weighted by molar-refractivity contribution is -0.142. The summed E-state index contributed by atoms with van der Waals surface area (Å²) in [4.78, 5) is 35.9. The number of nitrogens with one attached hydrogen (secondary N) is 1. The molecule has 0 atom stereocenters. The minimum Gasteiger partial charge on any atom is -0.450 e. The molecule has 0 unspecified atom stereocenters. The lowest BCUT2D eigenvalue weighted by Gasteiger charge is -2.14. The predicted molar refractivity (Wildman–Crippen MR) is 93.1 cm³/mol. The van der Waals surface area contributed by atoms with Crippen molar-refractivity contribution in [2.24, 2.45) is 7.05 Å². The van der Waals surface area contributed by atoms with Gasteiger partial charge in [-0.15, -0.1) is 0 Å². The molecule has 0 aliphatic rings. The fourth-order valence-corrected chi connectivity index (χ4v) is 2.62. The molecule has 2 aromatic rings. The van der Waals surface area contributed by atoms with Crippen molar-refractivity contribution in [2.45, 2.75) is 20.0 Å². The Morgan fingerprint density at radius 1 is 1.25 bits per heavy atom. The second-order valence-electron chi connectivity index (χ2n) is 5.81. The first-order valence-electron chi connectivity index (χ1n) is 7.80. The topological polar surface area (TPSA) is 90.3 Å². The van der Waals surface area contributed by atoms with Crippen LogP contribution in [0.4, 0.5) is 18.9 Å². The third kappa shape index (κ3) is 4.69. The molecule has 1 amide bonds. The summed E-state index contributed by atoms with van der Waals surface area (Å²) in [5.74, 6) is -3.37. The minimum absolute atomic E-state index is 0.0463. The standard InChI is InChI=1S/C17H15ClF3N3O4/c1-8-14(9(2)24(3)23-8)15(26)16(27)28-7-13(25)22-12-5-4-10(18)6-11(12)17(19,20)21/h4-6H,7H2,1-3H3,(H,22,25). The Morgan fingerprint density at radius 2 is 1.89 bits per heavy atom. The van der Waals surface area contributed by atoms with Gasteiger partial charge in [0.2, 0.25) is 0 Å². The van der Waals surface area contributed by atoms with E-state index in [0.717, 1.165) is 12.1 Å². The van der Waals surface area contributed by atoms with Gasteiger partial charge in [0.15, 0.2) is 6.61 Å². The summed E-state index contributed by atoms with van der Waals surface area (Å²) in [5.41, 5.74) is -0.923. The number of rotatable bonds is 5. The maximum absolute atomic E-state index is 13.0. The van der Waals surface area contributed by atoms with E-state index >= 15 is 0 Å². The number of esters is 1. The zero-order valence-electron chi connectivity index (χ0n) is 15.0. The number of hydrogen-bond donors (Lipinski definition) is 1. The molecule has 1 aromatic carbocycles. The van der Waals surface area contributed by atoms with Crippen LogP contribution >= 0.6 is 11.6 Å². The first kappa shape index (κ1) is 21.4. The molecule has 0 aliphatic heterocycles. The summed E-state index contributed by atoms with van der Waals surface area (Å²) in [6.45, 7) is 2.16. The van der Waals surface area contributed by atoms with Gasteiger partial charge >= 0.3 is 12.1 Å². The van der Waals surface area contributed by atoms with Crippen LogP contribution in [-0.4, -0.2) is 34.0 Å². The highest BCUT2D eigenvalue weighted by atomic mass is 35.5. The van der Waals surface area contributed by atoms with Crippen LogP contribution in [0.5, 0.6) is 0 Å². The van der Waals surface area contributed by atoms with Gasteiger partial charge in [0.25, 0.3) is 11.7 Å². The Kier molecular flexibility index (Phi) is 6.13. The Balaban J connectivity index is 2.05. The van der Waals surface area contributed by atoms with Crippen LogP contribution in [0.15, 0.2) is 18.2 Å². The largest absolute Gasteiger partial charge is 0.450 e. The summed E-state index contributed by atoms with van der Waals surface area (Å²) in [6, 6.07) is 2.79. The number of Topliss-reactive ketones (excluding diaryl/α,β-unsaturated/α-hetero) is 1. The summed E-state index contributed by atoms with van der Waals surface area (Å²) < 4.78 is 45.1. The molecule has 0 bridgehead atoms. The SMILES string of the molecule is Cc1nn(C)c(C)c1C(=O)C(=O)OCC(=O)Nc1ccc(Cl)cc1C(F)(F)F. The number of aryl methyl sites for hydroxylation is 2. The van der Waals surface area contributed by atoms with E-state index < -0.39 is 41.7 Å². The van der Waals surface area contributed by atoms with Gasteiger partial charge in [-0.25, -0.2) is 4.79 Å². The molecule has 0 saturated heterocycles. The molecule has 0 spiro atoms. The Bertz CT molecular complexity index is 954. The molecule has 28 heavy (non-hydrogen) atoms. The Morgan fingerprint density at radius 3 is 2.43 bits per heavy atom. The van der Waals surface area contributed by atoms with Crippen molar-refractivity contribution < 1.29 is 32.3 Å². The highest BCUT2D eigenvalue weighted by Gasteiger charge is 2.34. The van der Waals surface area contributed by atoms with Gasteiger partial charge in [-0.1, -0.05) is 11.6 Å². The highest BCUT2D eigenvalue weighted by molar-refractivity contribution is 6.41. The van der Waals surface area contributed by atoms with Crippen LogP contribution in [0.1, 0.15) is 27.3 Å². The zero-order chi connectivity index (χ0) is 21.2. The fourth-order valence-electron chi connectivity index (χ4n) is 2.45. The normalized spacial score (nSPS) is 11.2. The molecule has 150 valence electrons. The van der Waals surface area contributed by atoms with Crippen LogP contribution in [0.2, 0.25) is 5.02 Å². The lowest BCUT2D eigenvalue weighted by Crippen LogP contribution is -2.26. The maximum atomic E-state index is 13.0. The van der Waals surface area contributed by atoms with Gasteiger partial charge in [0.1, 0.15) is 0 Å². The maximum Gasteiger partial charge on any atom is 0.418 e. The highest BCUT2D eigenvalue weighted by Crippen LogP contribution is 2.36. The summed E-state index contributed by atoms with van der Waals surface area (Å²) >= 11 is 5.56. The van der Waals surface area contributed by atoms with E-state index in [4.69, 9.17) is 11.6 Å². The van der Waals surface area contributed by atoms with E-state index in [2.05, 4.69) is 9.84 Å². The van der Waals surface area contributed by atoms with Crippen molar-refractivity contribution >= 4 is 34.9 Å². The van der Waals surface area contributed by atoms with E-state index in [-0.39, 0.29) is 10.6 Å². The molecule has 0 aliphatic carbocycles. The minimum atomic E-state index is -4.75. The van der Waals surface area contributed by atoms with Crippen molar-refractivity contribution in [3.63, 3.8) is 0 Å². The van der Waals surface area contributed by atoms with Crippen molar-refractivity contribution in [3.05, 3.63) is 45.7 Å². The molecule has 1 N–H and O–H groups in total. The molecule has 0 fully saturated rings. The number of alkyl halides is 3. The number of hydrogen-bond acceptors (Lipinski definition) is 5. The predicted octanol–water partition coefficient (Wildman–Crippen LogP) is 3.07. The van der Waals surface area contributed by atoms with E-state index in [1.54, 1.807) is 14.0 Å². The summed E-state index contributed by atoms with van der Waals surface area (Å²) in [6.07, 6.45) is -4.75. The van der Waals surface area contributed by atoms with E-state index in [0.29, 0.717) is 17.5 Å². The first-order valence-corrected chi connectivity index (χ1v) is 8.18. The summed E-state index contributed by atoms with van der Waals surface area (Å²) in [5, 5.41) is 5.82. The molecule has 1 aromatic heterocycles. The average molecular weight is 418 g/mol. The number of nitrogens with zero attached hydrogens (tertiary/aromatic N) is 2. The molecule has 1 heterocycles. The number of halogens is 4. The number of amides is 1. The quantitative estimate of drug-likeness (QED) is 0.458. The van der Waals surface area contributed by atoms with Crippen LogP contribution in [0.3, 0.4) is 0 Å². The number of carbonyl (C=O) groups excluding carboxylic acids is 3. The van der Waals surface area contributed by atoms with Gasteiger partial charge in [-0.3, -0.25) is 14.3 Å². The smallest absolute Gasteiger partial charge is 0.418 e.